The van der Waals surface area contributed by atoms with E-state index in [1.807, 2.05) is 38.1 Å². The number of hydrogen-bond donors (Lipinski definition) is 2. The summed E-state index contributed by atoms with van der Waals surface area (Å²) in [7, 11) is 0. The van der Waals surface area contributed by atoms with Crippen LogP contribution >= 0.6 is 0 Å². The number of aliphatic hydroxyl groups is 1. The first-order chi connectivity index (χ1) is 7.13. The maximum Gasteiger partial charge on any atom is 0.0720 e. The Hall–Kier alpha value is -0.900. The van der Waals surface area contributed by atoms with Crippen molar-refractivity contribution in [1.29, 1.82) is 0 Å². The monoisotopic (exact) mass is 209 g/mol. The second kappa shape index (κ2) is 5.85. The van der Waals surface area contributed by atoms with Gasteiger partial charge in [-0.1, -0.05) is 24.3 Å². The van der Waals surface area contributed by atoms with Crippen molar-refractivity contribution in [2.75, 3.05) is 6.61 Å². The molecule has 84 valence electrons. The fourth-order valence-corrected chi connectivity index (χ4v) is 1.28. The summed E-state index contributed by atoms with van der Waals surface area (Å²) in [6.45, 7) is 4.56. The molecule has 0 aliphatic carbocycles. The number of benzene rings is 1. The van der Waals surface area contributed by atoms with E-state index in [2.05, 4.69) is 0 Å². The largest absolute Gasteiger partial charge is 0.394 e. The Kier molecular flexibility index (Phi) is 4.75. The highest BCUT2D eigenvalue weighted by Crippen LogP contribution is 2.13. The van der Waals surface area contributed by atoms with Gasteiger partial charge >= 0.3 is 0 Å². The Morgan fingerprint density at radius 3 is 2.73 bits per heavy atom. The highest BCUT2D eigenvalue weighted by atomic mass is 16.5. The molecule has 0 saturated carbocycles. The van der Waals surface area contributed by atoms with E-state index >= 15 is 0 Å². The van der Waals surface area contributed by atoms with Crippen LogP contribution in [0.5, 0.6) is 0 Å². The molecule has 0 amide bonds. The fraction of sp³-hybridized carbons (Fsp3) is 0.500. The van der Waals surface area contributed by atoms with E-state index < -0.39 is 0 Å². The third kappa shape index (κ3) is 4.00. The van der Waals surface area contributed by atoms with Crippen LogP contribution < -0.4 is 5.73 Å². The molecule has 1 aromatic carbocycles. The molecule has 3 heteroatoms. The third-order valence-electron chi connectivity index (χ3n) is 2.16. The molecule has 1 aromatic rings. The van der Waals surface area contributed by atoms with Crippen LogP contribution in [0.25, 0.3) is 0 Å². The predicted molar refractivity (Wildman–Crippen MR) is 60.4 cm³/mol. The minimum atomic E-state index is -0.302. The zero-order valence-corrected chi connectivity index (χ0v) is 9.31. The number of aliphatic hydroxyl groups excluding tert-OH is 1. The second-order valence-corrected chi connectivity index (χ2v) is 3.89. The first-order valence-electron chi connectivity index (χ1n) is 5.20. The standard InChI is InChI=1S/C12H19NO2/c1-9(2)15-8-10-4-3-5-11(6-10)12(13)7-14/h3-6,9,12,14H,7-8,13H2,1-2H3. The van der Waals surface area contributed by atoms with Crippen LogP contribution in [0.1, 0.15) is 31.0 Å². The lowest BCUT2D eigenvalue weighted by atomic mass is 10.1. The van der Waals surface area contributed by atoms with Crippen molar-refractivity contribution in [3.63, 3.8) is 0 Å². The van der Waals surface area contributed by atoms with Crippen LogP contribution in [-0.2, 0) is 11.3 Å². The molecule has 0 spiro atoms. The van der Waals surface area contributed by atoms with Gasteiger partial charge in [0.2, 0.25) is 0 Å². The molecule has 1 unspecified atom stereocenters. The summed E-state index contributed by atoms with van der Waals surface area (Å²) in [6, 6.07) is 7.52. The van der Waals surface area contributed by atoms with Gasteiger partial charge in [0.1, 0.15) is 0 Å². The van der Waals surface area contributed by atoms with E-state index in [4.69, 9.17) is 15.6 Å². The molecule has 0 bridgehead atoms. The second-order valence-electron chi connectivity index (χ2n) is 3.89. The summed E-state index contributed by atoms with van der Waals surface area (Å²) >= 11 is 0. The SMILES string of the molecule is CC(C)OCc1cccc(C(N)CO)c1. The molecule has 0 aliphatic heterocycles. The lowest BCUT2D eigenvalue weighted by molar-refractivity contribution is 0.0656. The Balaban J connectivity index is 2.65. The Labute approximate surface area is 90.9 Å². The summed E-state index contributed by atoms with van der Waals surface area (Å²) in [5, 5.41) is 8.94. The summed E-state index contributed by atoms with van der Waals surface area (Å²) in [6.07, 6.45) is 0.222. The van der Waals surface area contributed by atoms with Gasteiger partial charge in [-0.2, -0.15) is 0 Å². The zero-order chi connectivity index (χ0) is 11.3. The van der Waals surface area contributed by atoms with Gasteiger partial charge in [-0.05, 0) is 25.0 Å². The molecule has 0 aromatic heterocycles. The van der Waals surface area contributed by atoms with Gasteiger partial charge < -0.3 is 15.6 Å². The third-order valence-corrected chi connectivity index (χ3v) is 2.16. The van der Waals surface area contributed by atoms with Gasteiger partial charge in [0.05, 0.1) is 25.4 Å². The Morgan fingerprint density at radius 1 is 1.40 bits per heavy atom. The first-order valence-corrected chi connectivity index (χ1v) is 5.20. The molecule has 1 rings (SSSR count). The fourth-order valence-electron chi connectivity index (χ4n) is 1.28. The van der Waals surface area contributed by atoms with E-state index in [1.165, 1.54) is 0 Å². The molecule has 0 radical (unpaired) electrons. The van der Waals surface area contributed by atoms with Gasteiger partial charge in [0, 0.05) is 0 Å². The van der Waals surface area contributed by atoms with Crippen molar-refractivity contribution in [3.8, 4) is 0 Å². The Bertz CT molecular complexity index is 299. The van der Waals surface area contributed by atoms with Crippen molar-refractivity contribution in [2.45, 2.75) is 32.6 Å². The Morgan fingerprint density at radius 2 is 2.13 bits per heavy atom. The number of nitrogens with two attached hydrogens (primary N) is 1. The molecule has 0 saturated heterocycles. The van der Waals surface area contributed by atoms with Crippen molar-refractivity contribution in [3.05, 3.63) is 35.4 Å². The topological polar surface area (TPSA) is 55.5 Å². The molecule has 0 fully saturated rings. The molecule has 0 heterocycles. The minimum Gasteiger partial charge on any atom is -0.394 e. The highest BCUT2D eigenvalue weighted by Gasteiger charge is 2.05. The van der Waals surface area contributed by atoms with Crippen LogP contribution in [0.4, 0.5) is 0 Å². The van der Waals surface area contributed by atoms with Crippen LogP contribution in [0.15, 0.2) is 24.3 Å². The van der Waals surface area contributed by atoms with E-state index in [0.717, 1.165) is 11.1 Å². The summed E-state index contributed by atoms with van der Waals surface area (Å²) in [4.78, 5) is 0. The maximum atomic E-state index is 8.94. The van der Waals surface area contributed by atoms with E-state index in [-0.39, 0.29) is 18.8 Å². The van der Waals surface area contributed by atoms with Crippen LogP contribution in [0, 0.1) is 0 Å². The molecular weight excluding hydrogens is 190 g/mol. The van der Waals surface area contributed by atoms with Crippen LogP contribution in [0.3, 0.4) is 0 Å². The quantitative estimate of drug-likeness (QED) is 0.774. The van der Waals surface area contributed by atoms with Gasteiger partial charge in [0.15, 0.2) is 0 Å². The van der Waals surface area contributed by atoms with Gasteiger partial charge in [-0.15, -0.1) is 0 Å². The molecular formula is C12H19NO2. The van der Waals surface area contributed by atoms with Crippen LogP contribution in [0.2, 0.25) is 0 Å². The molecule has 3 N–H and O–H groups in total. The van der Waals surface area contributed by atoms with Crippen LogP contribution in [-0.4, -0.2) is 17.8 Å². The lowest BCUT2D eigenvalue weighted by Gasteiger charge is -2.11. The van der Waals surface area contributed by atoms with Gasteiger partial charge in [-0.25, -0.2) is 0 Å². The van der Waals surface area contributed by atoms with Crippen molar-refractivity contribution < 1.29 is 9.84 Å². The van der Waals surface area contributed by atoms with E-state index in [9.17, 15) is 0 Å². The summed E-state index contributed by atoms with van der Waals surface area (Å²) in [5.74, 6) is 0. The number of hydrogen-bond acceptors (Lipinski definition) is 3. The lowest BCUT2D eigenvalue weighted by Crippen LogP contribution is -2.14. The van der Waals surface area contributed by atoms with E-state index in [1.54, 1.807) is 0 Å². The van der Waals surface area contributed by atoms with Crippen molar-refractivity contribution in [1.82, 2.24) is 0 Å². The smallest absolute Gasteiger partial charge is 0.0720 e. The highest BCUT2D eigenvalue weighted by molar-refractivity contribution is 5.25. The number of ether oxygens (including phenoxy) is 1. The van der Waals surface area contributed by atoms with Crippen molar-refractivity contribution >= 4 is 0 Å². The molecule has 0 aliphatic rings. The average molecular weight is 209 g/mol. The summed E-state index contributed by atoms with van der Waals surface area (Å²) < 4.78 is 5.49. The first kappa shape index (κ1) is 12.2. The summed E-state index contributed by atoms with van der Waals surface area (Å²) in [5.41, 5.74) is 7.76. The molecule has 1 atom stereocenters. The van der Waals surface area contributed by atoms with Crippen molar-refractivity contribution in [2.24, 2.45) is 5.73 Å². The van der Waals surface area contributed by atoms with Gasteiger partial charge in [0.25, 0.3) is 0 Å². The predicted octanol–water partition coefficient (Wildman–Crippen LogP) is 1.60. The normalized spacial score (nSPS) is 13.1. The van der Waals surface area contributed by atoms with E-state index in [0.29, 0.717) is 6.61 Å². The molecule has 15 heavy (non-hydrogen) atoms. The average Bonchev–Trinajstić information content (AvgIpc) is 2.25. The zero-order valence-electron chi connectivity index (χ0n) is 9.31. The number of rotatable bonds is 5. The maximum absolute atomic E-state index is 8.94. The minimum absolute atomic E-state index is 0.0332. The molecule has 3 nitrogen and oxygen atoms in total. The van der Waals surface area contributed by atoms with Gasteiger partial charge in [-0.3, -0.25) is 0 Å².